The van der Waals surface area contributed by atoms with Crippen LogP contribution in [0.15, 0.2) is 15.6 Å². The molecule has 3 atom stereocenters. The molecule has 0 N–H and O–H groups in total. The number of hydrogen-bond acceptors (Lipinski definition) is 9. The van der Waals surface area contributed by atoms with Gasteiger partial charge in [0.05, 0.1) is 27.5 Å². The molecule has 2 saturated heterocycles. The van der Waals surface area contributed by atoms with Crippen molar-refractivity contribution in [3.05, 3.63) is 32.0 Å². The Morgan fingerprint density at radius 2 is 1.93 bits per heavy atom. The second-order valence-electron chi connectivity index (χ2n) is 12.3. The third-order valence-electron chi connectivity index (χ3n) is 7.04. The van der Waals surface area contributed by atoms with Crippen LogP contribution in [0, 0.1) is 33.2 Å². The number of nitriles is 1. The van der Waals surface area contributed by atoms with Gasteiger partial charge >= 0.3 is 17.9 Å². The Morgan fingerprint density at radius 3 is 2.48 bits per heavy atom. The normalized spacial score (nSPS) is 19.7. The van der Waals surface area contributed by atoms with Gasteiger partial charge in [-0.1, -0.05) is 0 Å². The number of nitrogens with zero attached hydrogens (tertiary/aromatic N) is 5. The molecule has 3 fully saturated rings. The lowest BCUT2D eigenvalue weighted by Crippen LogP contribution is -2.58. The molecule has 11 nitrogen and oxygen atoms in total. The third-order valence-corrected chi connectivity index (χ3v) is 8.57. The Kier molecular flexibility index (Phi) is 8.68. The van der Waals surface area contributed by atoms with Gasteiger partial charge in [0.15, 0.2) is 10.8 Å². The number of halogens is 2. The summed E-state index contributed by atoms with van der Waals surface area (Å²) in [5.74, 6) is -0.989. The number of ether oxygens (including phenoxy) is 2. The summed E-state index contributed by atoms with van der Waals surface area (Å²) >= 11 is 4.21. The molecule has 2 bridgehead atoms. The first-order valence-electron chi connectivity index (χ1n) is 13.4. The van der Waals surface area contributed by atoms with E-state index in [-0.39, 0.29) is 51.4 Å². The van der Waals surface area contributed by atoms with Crippen LogP contribution in [0.4, 0.5) is 25.4 Å². The van der Waals surface area contributed by atoms with Gasteiger partial charge in [-0.3, -0.25) is 15.0 Å². The van der Waals surface area contributed by atoms with Gasteiger partial charge in [0.25, 0.3) is 0 Å². The van der Waals surface area contributed by atoms with Gasteiger partial charge < -0.3 is 14.4 Å². The maximum absolute atomic E-state index is 15.9. The molecule has 2 aromatic rings. The van der Waals surface area contributed by atoms with Crippen LogP contribution < -0.4 is 4.90 Å². The van der Waals surface area contributed by atoms with E-state index in [2.05, 4.69) is 20.9 Å². The Morgan fingerprint density at radius 1 is 1.29 bits per heavy atom. The maximum atomic E-state index is 15.9. The second kappa shape index (κ2) is 11.5. The fourth-order valence-electron chi connectivity index (χ4n) is 5.44. The van der Waals surface area contributed by atoms with Crippen molar-refractivity contribution in [2.75, 3.05) is 17.7 Å². The van der Waals surface area contributed by atoms with Crippen LogP contribution >= 0.6 is 27.7 Å². The number of pyridine rings is 1. The third kappa shape index (κ3) is 5.99. The van der Waals surface area contributed by atoms with Crippen molar-refractivity contribution < 1.29 is 28.4 Å². The Labute approximate surface area is 256 Å². The lowest BCUT2D eigenvalue weighted by atomic mass is 9.78. The number of aromatic nitrogens is 1. The number of carbonyl (C=O) groups excluding carboxylic acids is 2. The van der Waals surface area contributed by atoms with Gasteiger partial charge in [0, 0.05) is 24.3 Å². The van der Waals surface area contributed by atoms with Crippen molar-refractivity contribution in [2.45, 2.75) is 89.1 Å². The van der Waals surface area contributed by atoms with Crippen LogP contribution in [-0.4, -0.2) is 63.1 Å². The molecule has 1 aromatic heterocycles. The lowest BCUT2D eigenvalue weighted by Gasteiger charge is -2.44. The summed E-state index contributed by atoms with van der Waals surface area (Å²) in [6, 6.07) is 2.36. The van der Waals surface area contributed by atoms with E-state index >= 15 is 4.39 Å². The zero-order valence-electron chi connectivity index (χ0n) is 24.5. The number of amides is 2. The Hall–Kier alpha value is -3.18. The summed E-state index contributed by atoms with van der Waals surface area (Å²) < 4.78 is 27.3. The molecular formula is C28H33BrFN5O6S. The van der Waals surface area contributed by atoms with Crippen molar-refractivity contribution in [3.8, 4) is 6.07 Å². The number of nitro groups is 1. The van der Waals surface area contributed by atoms with E-state index in [0.29, 0.717) is 12.0 Å². The standard InChI is InChI=1S/C28H33BrFN5O6S/c1-27(2,3)40-25(36)33-13-15-12-17(33)21(15)34(26(37)41-28(4,5)6)22-16-11-14(9-8-10-31)18(29)19(30)20(16)32-24(42-7)23(22)35(38)39/h11,15,17,21H,8-9,12-13H2,1-7H3. The highest BCUT2D eigenvalue weighted by atomic mass is 79.9. The van der Waals surface area contributed by atoms with Crippen LogP contribution in [-0.2, 0) is 15.9 Å². The van der Waals surface area contributed by atoms with Crippen LogP contribution in [0.3, 0.4) is 0 Å². The molecular weight excluding hydrogens is 633 g/mol. The van der Waals surface area contributed by atoms with E-state index < -0.39 is 51.9 Å². The zero-order chi connectivity index (χ0) is 31.3. The molecule has 5 rings (SSSR count). The number of rotatable bonds is 6. The summed E-state index contributed by atoms with van der Waals surface area (Å²) in [7, 11) is 0. The summed E-state index contributed by atoms with van der Waals surface area (Å²) in [6.07, 6.45) is 0.962. The van der Waals surface area contributed by atoms with Crippen LogP contribution in [0.5, 0.6) is 0 Å². The number of fused-ring (bicyclic) bond motifs is 2. The average Bonchev–Trinajstić information content (AvgIpc) is 3.46. The van der Waals surface area contributed by atoms with Gasteiger partial charge in [-0.15, -0.1) is 11.8 Å². The topological polar surface area (TPSA) is 139 Å². The second-order valence-corrected chi connectivity index (χ2v) is 13.9. The van der Waals surface area contributed by atoms with E-state index in [1.807, 2.05) is 6.07 Å². The summed E-state index contributed by atoms with van der Waals surface area (Å²) in [5, 5.41) is 21.8. The van der Waals surface area contributed by atoms with E-state index in [1.54, 1.807) is 47.8 Å². The van der Waals surface area contributed by atoms with Gasteiger partial charge in [-0.2, -0.15) is 5.26 Å². The minimum Gasteiger partial charge on any atom is -0.444 e. The van der Waals surface area contributed by atoms with E-state index in [0.717, 1.165) is 11.8 Å². The molecule has 3 heterocycles. The molecule has 3 aliphatic rings. The zero-order valence-corrected chi connectivity index (χ0v) is 26.9. The molecule has 226 valence electrons. The predicted octanol–water partition coefficient (Wildman–Crippen LogP) is 6.97. The van der Waals surface area contributed by atoms with Gasteiger partial charge in [0.1, 0.15) is 22.4 Å². The summed E-state index contributed by atoms with van der Waals surface area (Å²) in [4.78, 5) is 46.2. The number of benzene rings is 1. The highest BCUT2D eigenvalue weighted by Gasteiger charge is 2.60. The quantitative estimate of drug-likeness (QED) is 0.182. The monoisotopic (exact) mass is 665 g/mol. The molecule has 1 saturated carbocycles. The SMILES string of the molecule is CSc1nc2c(F)c(Br)c(CCC#N)cc2c(N(C(=O)OC(C)(C)C)C2C3CC2N(C(=O)OC(C)(C)C)C3)c1[N+](=O)[O-]. The van der Waals surface area contributed by atoms with Crippen LogP contribution in [0.2, 0.25) is 0 Å². The van der Waals surface area contributed by atoms with Crippen molar-refractivity contribution in [3.63, 3.8) is 0 Å². The summed E-state index contributed by atoms with van der Waals surface area (Å²) in [5.41, 5.74) is -2.11. The fraction of sp³-hybridized carbons (Fsp3) is 0.571. The number of thioether (sulfide) groups is 1. The minimum atomic E-state index is -0.963. The smallest absolute Gasteiger partial charge is 0.415 e. The van der Waals surface area contributed by atoms with Crippen molar-refractivity contribution in [1.82, 2.24) is 9.88 Å². The molecule has 3 unspecified atom stereocenters. The highest BCUT2D eigenvalue weighted by molar-refractivity contribution is 9.10. The van der Waals surface area contributed by atoms with Crippen LogP contribution in [0.1, 0.15) is 59.9 Å². The van der Waals surface area contributed by atoms with Crippen molar-refractivity contribution >= 4 is 62.2 Å². The van der Waals surface area contributed by atoms with Crippen molar-refractivity contribution in [1.29, 1.82) is 5.26 Å². The molecule has 0 radical (unpaired) electrons. The van der Waals surface area contributed by atoms with E-state index in [4.69, 9.17) is 14.7 Å². The van der Waals surface area contributed by atoms with Gasteiger partial charge in [-0.05, 0) is 88.2 Å². The molecule has 2 aliphatic heterocycles. The first kappa shape index (κ1) is 31.7. The fourth-order valence-corrected chi connectivity index (χ4v) is 6.49. The van der Waals surface area contributed by atoms with E-state index in [1.165, 1.54) is 15.9 Å². The Balaban J connectivity index is 2.00. The first-order chi connectivity index (χ1) is 19.5. The molecule has 1 aromatic carbocycles. The maximum Gasteiger partial charge on any atom is 0.415 e. The molecule has 1 aliphatic carbocycles. The van der Waals surface area contributed by atoms with Gasteiger partial charge in [0.2, 0.25) is 0 Å². The average molecular weight is 667 g/mol. The molecule has 42 heavy (non-hydrogen) atoms. The molecule has 2 amide bonds. The van der Waals surface area contributed by atoms with E-state index in [9.17, 15) is 19.7 Å². The number of aryl methyl sites for hydroxylation is 1. The highest BCUT2D eigenvalue weighted by Crippen LogP contribution is 2.51. The minimum absolute atomic E-state index is 0.0362. The van der Waals surface area contributed by atoms with Crippen LogP contribution in [0.25, 0.3) is 10.9 Å². The number of anilines is 1. The molecule has 14 heteroatoms. The predicted molar refractivity (Wildman–Crippen MR) is 159 cm³/mol. The summed E-state index contributed by atoms with van der Waals surface area (Å²) in [6.45, 7) is 10.6. The van der Waals surface area contributed by atoms with Crippen molar-refractivity contribution in [2.24, 2.45) is 5.92 Å². The number of carbonyl (C=O) groups is 2. The molecule has 0 spiro atoms. The van der Waals surface area contributed by atoms with Gasteiger partial charge in [-0.25, -0.2) is 19.0 Å². The Bertz CT molecular complexity index is 1500. The first-order valence-corrected chi connectivity index (χ1v) is 15.4. The largest absolute Gasteiger partial charge is 0.444 e. The lowest BCUT2D eigenvalue weighted by molar-refractivity contribution is -0.387. The number of hydrogen-bond donors (Lipinski definition) is 0.